The normalized spacial score (nSPS) is 9.62. The molecule has 0 aromatic carbocycles. The quantitative estimate of drug-likeness (QED) is 0.658. The number of hydrogen-bond donors (Lipinski definition) is 2. The van der Waals surface area contributed by atoms with Crippen LogP contribution in [-0.4, -0.2) is 39.4 Å². The Morgan fingerprint density at radius 1 is 1.46 bits per heavy atom. The van der Waals surface area contributed by atoms with Crippen molar-refractivity contribution in [1.29, 1.82) is 0 Å². The lowest BCUT2D eigenvalue weighted by Gasteiger charge is -2.01. The van der Waals surface area contributed by atoms with E-state index < -0.39 is 5.97 Å². The number of carboxylic acid groups (broad SMARTS) is 1. The second kappa shape index (κ2) is 4.36. The summed E-state index contributed by atoms with van der Waals surface area (Å²) in [6.07, 6.45) is 2.29. The molecule has 0 amide bonds. The number of ether oxygens (including phenoxy) is 1. The topological polar surface area (TPSA) is 92.5 Å². The lowest BCUT2D eigenvalue weighted by molar-refractivity contribution is 0.0689. The molecule has 70 valence electrons. The van der Waals surface area contributed by atoms with Crippen LogP contribution in [0.4, 0.5) is 0 Å². The molecule has 6 heteroatoms. The molecule has 0 fully saturated rings. The predicted octanol–water partition coefficient (Wildman–Crippen LogP) is -0.454. The summed E-state index contributed by atoms with van der Waals surface area (Å²) >= 11 is 0. The van der Waals surface area contributed by atoms with Crippen LogP contribution in [0.3, 0.4) is 0 Å². The number of rotatable bonds is 4. The fourth-order valence-corrected chi connectivity index (χ4v) is 0.651. The van der Waals surface area contributed by atoms with Gasteiger partial charge >= 0.3 is 5.97 Å². The van der Waals surface area contributed by atoms with Gasteiger partial charge in [0.15, 0.2) is 5.69 Å². The summed E-state index contributed by atoms with van der Waals surface area (Å²) in [6, 6.07) is 0. The highest BCUT2D eigenvalue weighted by atomic mass is 16.5. The Bertz CT molecular complexity index is 285. The van der Waals surface area contributed by atoms with Gasteiger partial charge in [-0.1, -0.05) is 0 Å². The number of aromatic carboxylic acids is 1. The van der Waals surface area contributed by atoms with E-state index in [1.54, 1.807) is 0 Å². The van der Waals surface area contributed by atoms with E-state index in [1.165, 1.54) is 6.20 Å². The Kier molecular flexibility index (Phi) is 3.15. The van der Waals surface area contributed by atoms with Crippen LogP contribution in [0.5, 0.6) is 5.88 Å². The third-order valence-electron chi connectivity index (χ3n) is 1.19. The maximum absolute atomic E-state index is 10.3. The van der Waals surface area contributed by atoms with Crippen molar-refractivity contribution in [1.82, 2.24) is 9.97 Å². The number of nitrogens with zero attached hydrogens (tertiary/aromatic N) is 2. The van der Waals surface area contributed by atoms with E-state index in [2.05, 4.69) is 9.97 Å². The fraction of sp³-hybridized carbons (Fsp3) is 0.286. The Labute approximate surface area is 73.8 Å². The van der Waals surface area contributed by atoms with Crippen LogP contribution in [0.1, 0.15) is 10.5 Å². The van der Waals surface area contributed by atoms with Gasteiger partial charge in [0.1, 0.15) is 6.61 Å². The van der Waals surface area contributed by atoms with Crippen molar-refractivity contribution in [3.63, 3.8) is 0 Å². The van der Waals surface area contributed by atoms with Crippen LogP contribution in [0.25, 0.3) is 0 Å². The van der Waals surface area contributed by atoms with Crippen molar-refractivity contribution in [2.45, 2.75) is 0 Å². The van der Waals surface area contributed by atoms with Gasteiger partial charge in [-0.15, -0.1) is 0 Å². The smallest absolute Gasteiger partial charge is 0.356 e. The van der Waals surface area contributed by atoms with Crippen LogP contribution in [-0.2, 0) is 0 Å². The van der Waals surface area contributed by atoms with Crippen molar-refractivity contribution in [3.05, 3.63) is 18.1 Å². The van der Waals surface area contributed by atoms with E-state index in [1.807, 2.05) is 0 Å². The lowest BCUT2D eigenvalue weighted by atomic mass is 10.5. The van der Waals surface area contributed by atoms with Gasteiger partial charge in [-0.05, 0) is 0 Å². The summed E-state index contributed by atoms with van der Waals surface area (Å²) in [4.78, 5) is 17.6. The lowest BCUT2D eigenvalue weighted by Crippen LogP contribution is -2.05. The van der Waals surface area contributed by atoms with E-state index in [0.29, 0.717) is 0 Å². The van der Waals surface area contributed by atoms with Gasteiger partial charge in [0.25, 0.3) is 0 Å². The Morgan fingerprint density at radius 2 is 2.23 bits per heavy atom. The van der Waals surface area contributed by atoms with Crippen molar-refractivity contribution in [2.24, 2.45) is 0 Å². The summed E-state index contributed by atoms with van der Waals surface area (Å²) < 4.78 is 4.87. The van der Waals surface area contributed by atoms with Gasteiger partial charge in [0, 0.05) is 0 Å². The number of carbonyl (C=O) groups is 1. The van der Waals surface area contributed by atoms with E-state index >= 15 is 0 Å². The summed E-state index contributed by atoms with van der Waals surface area (Å²) in [5, 5.41) is 16.9. The van der Waals surface area contributed by atoms with Gasteiger partial charge in [0.2, 0.25) is 5.88 Å². The number of aliphatic hydroxyl groups excluding tert-OH is 1. The molecule has 0 aliphatic heterocycles. The van der Waals surface area contributed by atoms with Gasteiger partial charge < -0.3 is 14.9 Å². The second-order valence-electron chi connectivity index (χ2n) is 2.12. The molecule has 0 aliphatic carbocycles. The third kappa shape index (κ3) is 2.68. The molecule has 2 N–H and O–H groups in total. The summed E-state index contributed by atoms with van der Waals surface area (Å²) in [7, 11) is 0. The monoisotopic (exact) mass is 184 g/mol. The van der Waals surface area contributed by atoms with Crippen LogP contribution in [0.15, 0.2) is 12.4 Å². The van der Waals surface area contributed by atoms with Gasteiger partial charge in [-0.25, -0.2) is 14.8 Å². The van der Waals surface area contributed by atoms with Gasteiger partial charge in [0.05, 0.1) is 19.0 Å². The van der Waals surface area contributed by atoms with Gasteiger partial charge in [-0.2, -0.15) is 0 Å². The number of carboxylic acids is 1. The van der Waals surface area contributed by atoms with E-state index in [0.717, 1.165) is 6.20 Å². The summed E-state index contributed by atoms with van der Waals surface area (Å²) in [5.41, 5.74) is -0.142. The van der Waals surface area contributed by atoms with E-state index in [9.17, 15) is 4.79 Å². The Morgan fingerprint density at radius 3 is 2.69 bits per heavy atom. The zero-order chi connectivity index (χ0) is 9.68. The first-order chi connectivity index (χ1) is 6.24. The molecule has 13 heavy (non-hydrogen) atoms. The molecule has 0 atom stereocenters. The standard InChI is InChI=1S/C7H8N2O4/c10-1-2-13-6-4-8-5(3-9-6)7(11)12/h3-4,10H,1-2H2,(H,11,12). The van der Waals surface area contributed by atoms with Crippen molar-refractivity contribution in [2.75, 3.05) is 13.2 Å². The molecule has 1 rings (SSSR count). The summed E-state index contributed by atoms with van der Waals surface area (Å²) in [6.45, 7) is -0.0105. The van der Waals surface area contributed by atoms with E-state index in [-0.39, 0.29) is 24.8 Å². The van der Waals surface area contributed by atoms with E-state index in [4.69, 9.17) is 14.9 Å². The zero-order valence-electron chi connectivity index (χ0n) is 6.67. The maximum atomic E-state index is 10.3. The average Bonchev–Trinajstić information content (AvgIpc) is 2.15. The average molecular weight is 184 g/mol. The minimum Gasteiger partial charge on any atom is -0.476 e. The summed E-state index contributed by atoms with van der Waals surface area (Å²) in [5.74, 6) is -0.944. The molecule has 1 heterocycles. The van der Waals surface area contributed by atoms with Crippen LogP contribution < -0.4 is 4.74 Å². The molecule has 0 radical (unpaired) electrons. The SMILES string of the molecule is O=C(O)c1cnc(OCCO)cn1. The van der Waals surface area contributed by atoms with Crippen LogP contribution >= 0.6 is 0 Å². The minimum atomic E-state index is -1.14. The second-order valence-corrected chi connectivity index (χ2v) is 2.12. The zero-order valence-corrected chi connectivity index (χ0v) is 6.67. The maximum Gasteiger partial charge on any atom is 0.356 e. The molecule has 0 saturated carbocycles. The number of aliphatic hydroxyl groups is 1. The number of hydrogen-bond acceptors (Lipinski definition) is 5. The molecular formula is C7H8N2O4. The first kappa shape index (κ1) is 9.40. The molecule has 0 bridgehead atoms. The molecule has 1 aromatic rings. The molecule has 0 aliphatic rings. The molecule has 0 unspecified atom stereocenters. The van der Waals surface area contributed by atoms with Crippen molar-refractivity contribution >= 4 is 5.97 Å². The highest BCUT2D eigenvalue weighted by Gasteiger charge is 2.04. The molecular weight excluding hydrogens is 176 g/mol. The first-order valence-corrected chi connectivity index (χ1v) is 3.53. The molecule has 0 spiro atoms. The predicted molar refractivity (Wildman–Crippen MR) is 41.6 cm³/mol. The largest absolute Gasteiger partial charge is 0.476 e. The van der Waals surface area contributed by atoms with Crippen molar-refractivity contribution in [3.8, 4) is 5.88 Å². The third-order valence-corrected chi connectivity index (χ3v) is 1.19. The highest BCUT2D eigenvalue weighted by Crippen LogP contribution is 2.03. The van der Waals surface area contributed by atoms with Crippen LogP contribution in [0.2, 0.25) is 0 Å². The first-order valence-electron chi connectivity index (χ1n) is 3.53. The fourth-order valence-electron chi connectivity index (χ4n) is 0.651. The van der Waals surface area contributed by atoms with Crippen molar-refractivity contribution < 1.29 is 19.7 Å². The van der Waals surface area contributed by atoms with Crippen LogP contribution in [0, 0.1) is 0 Å². The van der Waals surface area contributed by atoms with Gasteiger partial charge in [-0.3, -0.25) is 0 Å². The Hall–Kier alpha value is -1.69. The minimum absolute atomic E-state index is 0.112. The number of aromatic nitrogens is 2. The Balaban J connectivity index is 2.64. The molecule has 6 nitrogen and oxygen atoms in total. The molecule has 1 aromatic heterocycles. The molecule has 0 saturated heterocycles. The highest BCUT2D eigenvalue weighted by molar-refractivity contribution is 5.84.